The monoisotopic (exact) mass is 331 g/mol. The van der Waals surface area contributed by atoms with Crippen molar-refractivity contribution in [3.8, 4) is 6.07 Å². The van der Waals surface area contributed by atoms with Gasteiger partial charge in [0.25, 0.3) is 5.69 Å². The van der Waals surface area contributed by atoms with Gasteiger partial charge in [-0.2, -0.15) is 5.26 Å². The number of carbonyl (C=O) groups excluding carboxylic acids is 2. The van der Waals surface area contributed by atoms with E-state index in [0.29, 0.717) is 10.2 Å². The van der Waals surface area contributed by atoms with Crippen molar-refractivity contribution in [2.24, 2.45) is 11.3 Å². The molecule has 0 bridgehead atoms. The maximum Gasteiger partial charge on any atom is 0.270 e. The van der Waals surface area contributed by atoms with Gasteiger partial charge in [-0.3, -0.25) is 19.7 Å². The van der Waals surface area contributed by atoms with Gasteiger partial charge in [-0.15, -0.1) is 11.3 Å². The summed E-state index contributed by atoms with van der Waals surface area (Å²) in [7, 11) is 0. The molecule has 0 saturated carbocycles. The molecule has 0 fully saturated rings. The number of benzene rings is 1. The standard InChI is InChI=1S/C15H13N3O4S/c1-15(2,3)13(20)9(7-16)12(19)14-17-10-5-4-8(18(21)22)6-11(10)23-14/h4-6,9H,1-3H3. The summed E-state index contributed by atoms with van der Waals surface area (Å²) in [4.78, 5) is 39.0. The van der Waals surface area contributed by atoms with Gasteiger partial charge in [0.15, 0.2) is 16.7 Å². The number of thiazole rings is 1. The number of nitro groups is 1. The molecule has 0 radical (unpaired) electrons. The van der Waals surface area contributed by atoms with Crippen molar-refractivity contribution < 1.29 is 14.5 Å². The number of carbonyl (C=O) groups is 2. The molecule has 0 aliphatic heterocycles. The molecule has 1 aromatic carbocycles. The van der Waals surface area contributed by atoms with Crippen molar-refractivity contribution in [2.45, 2.75) is 20.8 Å². The molecule has 2 aromatic rings. The topological polar surface area (TPSA) is 114 Å². The van der Waals surface area contributed by atoms with Crippen LogP contribution in [0.15, 0.2) is 18.2 Å². The molecule has 0 N–H and O–H groups in total. The number of hydrogen-bond donors (Lipinski definition) is 0. The lowest BCUT2D eigenvalue weighted by Gasteiger charge is -2.18. The molecular weight excluding hydrogens is 318 g/mol. The van der Waals surface area contributed by atoms with Crippen molar-refractivity contribution in [3.63, 3.8) is 0 Å². The van der Waals surface area contributed by atoms with E-state index in [4.69, 9.17) is 0 Å². The largest absolute Gasteiger partial charge is 0.297 e. The third-order valence-corrected chi connectivity index (χ3v) is 4.22. The zero-order chi connectivity index (χ0) is 17.4. The van der Waals surface area contributed by atoms with Gasteiger partial charge in [0.1, 0.15) is 0 Å². The molecule has 2 rings (SSSR count). The van der Waals surface area contributed by atoms with Crippen molar-refractivity contribution in [1.29, 1.82) is 5.26 Å². The van der Waals surface area contributed by atoms with Crippen LogP contribution in [0.5, 0.6) is 0 Å². The van der Waals surface area contributed by atoms with E-state index in [-0.39, 0.29) is 10.7 Å². The lowest BCUT2D eigenvalue weighted by atomic mass is 9.82. The highest BCUT2D eigenvalue weighted by atomic mass is 32.1. The Bertz CT molecular complexity index is 858. The van der Waals surface area contributed by atoms with Gasteiger partial charge < -0.3 is 0 Å². The molecule has 0 amide bonds. The summed E-state index contributed by atoms with van der Waals surface area (Å²) in [5.74, 6) is -2.57. The Kier molecular flexibility index (Phi) is 4.25. The van der Waals surface area contributed by atoms with Gasteiger partial charge in [0, 0.05) is 17.5 Å². The quantitative estimate of drug-likeness (QED) is 0.368. The highest BCUT2D eigenvalue weighted by molar-refractivity contribution is 7.20. The average Bonchev–Trinajstić information content (AvgIpc) is 2.89. The van der Waals surface area contributed by atoms with Crippen LogP contribution >= 0.6 is 11.3 Å². The van der Waals surface area contributed by atoms with E-state index in [1.807, 2.05) is 0 Å². The molecule has 1 aromatic heterocycles. The van der Waals surface area contributed by atoms with Crippen LogP contribution in [0.25, 0.3) is 10.2 Å². The van der Waals surface area contributed by atoms with Gasteiger partial charge in [-0.25, -0.2) is 4.98 Å². The fourth-order valence-corrected chi connectivity index (χ4v) is 2.89. The molecule has 1 unspecified atom stereocenters. The number of fused-ring (bicyclic) bond motifs is 1. The van der Waals surface area contributed by atoms with Crippen LogP contribution < -0.4 is 0 Å². The Morgan fingerprint density at radius 1 is 1.39 bits per heavy atom. The number of Topliss-reactive ketones (excluding diaryl/α,β-unsaturated/α-hetero) is 2. The number of non-ortho nitro benzene ring substituents is 1. The lowest BCUT2D eigenvalue weighted by Crippen LogP contribution is -2.32. The van der Waals surface area contributed by atoms with Crippen LogP contribution in [0.1, 0.15) is 30.6 Å². The number of nitro benzene ring substituents is 1. The molecule has 0 aliphatic rings. The van der Waals surface area contributed by atoms with E-state index in [9.17, 15) is 25.0 Å². The minimum atomic E-state index is -1.43. The molecule has 0 spiro atoms. The SMILES string of the molecule is CC(C)(C)C(=O)C(C#N)C(=O)c1nc2ccc([N+](=O)[O-])cc2s1. The average molecular weight is 331 g/mol. The molecule has 8 heteroatoms. The second kappa shape index (κ2) is 5.85. The summed E-state index contributed by atoms with van der Waals surface area (Å²) in [5.41, 5.74) is -0.516. The highest BCUT2D eigenvalue weighted by Crippen LogP contribution is 2.29. The van der Waals surface area contributed by atoms with E-state index in [2.05, 4.69) is 4.98 Å². The van der Waals surface area contributed by atoms with E-state index in [0.717, 1.165) is 11.3 Å². The molecule has 7 nitrogen and oxygen atoms in total. The first-order chi connectivity index (χ1) is 10.6. The smallest absolute Gasteiger partial charge is 0.270 e. The first kappa shape index (κ1) is 16.7. The van der Waals surface area contributed by atoms with Gasteiger partial charge in [-0.1, -0.05) is 20.8 Å². The molecular formula is C15H13N3O4S. The third kappa shape index (κ3) is 3.24. The summed E-state index contributed by atoms with van der Waals surface area (Å²) in [6.45, 7) is 4.90. The minimum Gasteiger partial charge on any atom is -0.297 e. The number of nitrogens with zero attached hydrogens (tertiary/aromatic N) is 3. The van der Waals surface area contributed by atoms with Gasteiger partial charge >= 0.3 is 0 Å². The summed E-state index contributed by atoms with van der Waals surface area (Å²) < 4.78 is 0.461. The summed E-state index contributed by atoms with van der Waals surface area (Å²) in [5, 5.41) is 20.0. The lowest BCUT2D eigenvalue weighted by molar-refractivity contribution is -0.384. The molecule has 118 valence electrons. The molecule has 23 heavy (non-hydrogen) atoms. The minimum absolute atomic E-state index is 0.00430. The van der Waals surface area contributed by atoms with Gasteiger partial charge in [0.05, 0.1) is 21.2 Å². The van der Waals surface area contributed by atoms with Crippen molar-refractivity contribution >= 4 is 38.8 Å². The predicted molar refractivity (Wildman–Crippen MR) is 84.2 cm³/mol. The Morgan fingerprint density at radius 3 is 2.57 bits per heavy atom. The zero-order valence-electron chi connectivity index (χ0n) is 12.7. The van der Waals surface area contributed by atoms with Crippen LogP contribution in [0.4, 0.5) is 5.69 Å². The van der Waals surface area contributed by atoms with Crippen molar-refractivity contribution in [2.75, 3.05) is 0 Å². The Balaban J connectivity index is 2.43. The molecule has 0 saturated heterocycles. The highest BCUT2D eigenvalue weighted by Gasteiger charge is 2.36. The summed E-state index contributed by atoms with van der Waals surface area (Å²) in [6.07, 6.45) is 0. The molecule has 1 atom stereocenters. The second-order valence-electron chi connectivity index (χ2n) is 5.97. The summed E-state index contributed by atoms with van der Waals surface area (Å²) >= 11 is 0.940. The third-order valence-electron chi connectivity index (χ3n) is 3.19. The normalized spacial score (nSPS) is 12.6. The second-order valence-corrected chi connectivity index (χ2v) is 7.00. The maximum absolute atomic E-state index is 12.4. The fraction of sp³-hybridized carbons (Fsp3) is 0.333. The number of ketones is 2. The van der Waals surface area contributed by atoms with Crippen LogP contribution in [-0.4, -0.2) is 21.5 Å². The predicted octanol–water partition coefficient (Wildman–Crippen LogP) is 3.14. The zero-order valence-corrected chi connectivity index (χ0v) is 13.5. The Hall–Kier alpha value is -2.66. The van der Waals surface area contributed by atoms with E-state index >= 15 is 0 Å². The van der Waals surface area contributed by atoms with E-state index < -0.39 is 27.8 Å². The Morgan fingerprint density at radius 2 is 2.04 bits per heavy atom. The summed E-state index contributed by atoms with van der Waals surface area (Å²) in [6, 6.07) is 5.78. The Labute approximate surface area is 135 Å². The van der Waals surface area contributed by atoms with Gasteiger partial charge in [0.2, 0.25) is 5.78 Å². The van der Waals surface area contributed by atoms with E-state index in [1.54, 1.807) is 26.8 Å². The number of hydrogen-bond acceptors (Lipinski definition) is 7. The first-order valence-corrected chi connectivity index (χ1v) is 7.50. The fourth-order valence-electron chi connectivity index (χ4n) is 1.93. The first-order valence-electron chi connectivity index (χ1n) is 6.68. The van der Waals surface area contributed by atoms with Crippen LogP contribution in [-0.2, 0) is 4.79 Å². The van der Waals surface area contributed by atoms with Crippen LogP contribution in [0, 0.1) is 32.8 Å². The number of nitriles is 1. The van der Waals surface area contributed by atoms with Crippen molar-refractivity contribution in [1.82, 2.24) is 4.98 Å². The van der Waals surface area contributed by atoms with Crippen LogP contribution in [0.2, 0.25) is 0 Å². The maximum atomic E-state index is 12.4. The number of rotatable bonds is 4. The van der Waals surface area contributed by atoms with E-state index in [1.165, 1.54) is 18.2 Å². The van der Waals surface area contributed by atoms with Crippen molar-refractivity contribution in [3.05, 3.63) is 33.3 Å². The molecule has 1 heterocycles. The van der Waals surface area contributed by atoms with Crippen LogP contribution in [0.3, 0.4) is 0 Å². The number of aromatic nitrogens is 1. The molecule has 0 aliphatic carbocycles. The van der Waals surface area contributed by atoms with Gasteiger partial charge in [-0.05, 0) is 6.07 Å².